The fourth-order valence-electron chi connectivity index (χ4n) is 2.67. The summed E-state index contributed by atoms with van der Waals surface area (Å²) in [6, 6.07) is 12.8. The van der Waals surface area contributed by atoms with Gasteiger partial charge in [0.05, 0.1) is 19.4 Å². The average molecular weight is 339 g/mol. The van der Waals surface area contributed by atoms with E-state index in [4.69, 9.17) is 13.6 Å². The Kier molecular flexibility index (Phi) is 4.22. The van der Waals surface area contributed by atoms with Gasteiger partial charge in [-0.15, -0.1) is 0 Å². The largest absolute Gasteiger partial charge is 0.451 e. The molecule has 128 valence electrons. The molecule has 0 unspecified atom stereocenters. The van der Waals surface area contributed by atoms with E-state index in [9.17, 15) is 4.79 Å². The van der Waals surface area contributed by atoms with Crippen molar-refractivity contribution in [3.8, 4) is 0 Å². The molecular weight excluding hydrogens is 322 g/mol. The molecule has 0 bridgehead atoms. The number of furan rings is 2. The van der Waals surface area contributed by atoms with E-state index in [1.165, 1.54) is 6.21 Å². The van der Waals surface area contributed by atoms with Crippen LogP contribution in [0.5, 0.6) is 0 Å². The molecule has 1 fully saturated rings. The number of morpholine rings is 1. The lowest BCUT2D eigenvalue weighted by atomic mass is 10.2. The summed E-state index contributed by atoms with van der Waals surface area (Å²) in [5.41, 5.74) is 3.10. The lowest BCUT2D eigenvalue weighted by Gasteiger charge is -2.26. The Morgan fingerprint density at radius 2 is 1.96 bits per heavy atom. The minimum Gasteiger partial charge on any atom is -0.451 e. The highest BCUT2D eigenvalue weighted by atomic mass is 16.5. The first-order valence-electron chi connectivity index (χ1n) is 8.04. The SMILES string of the molecule is O=C(N/N=C/c1ccc(N2CCOCC2)o1)c1cc2ccccc2o1. The molecule has 0 atom stereocenters. The number of ether oxygens (including phenoxy) is 1. The summed E-state index contributed by atoms with van der Waals surface area (Å²) in [5, 5.41) is 4.80. The van der Waals surface area contributed by atoms with Crippen LogP contribution in [0.25, 0.3) is 11.0 Å². The van der Waals surface area contributed by atoms with Gasteiger partial charge in [0, 0.05) is 24.5 Å². The Morgan fingerprint density at radius 1 is 1.12 bits per heavy atom. The van der Waals surface area contributed by atoms with Gasteiger partial charge in [-0.2, -0.15) is 5.10 Å². The third-order valence-electron chi connectivity index (χ3n) is 3.94. The van der Waals surface area contributed by atoms with Crippen molar-refractivity contribution in [2.24, 2.45) is 5.10 Å². The van der Waals surface area contributed by atoms with Gasteiger partial charge in [-0.3, -0.25) is 4.79 Å². The number of carbonyl (C=O) groups excluding carboxylic acids is 1. The summed E-state index contributed by atoms with van der Waals surface area (Å²) in [7, 11) is 0. The topological polar surface area (TPSA) is 80.2 Å². The summed E-state index contributed by atoms with van der Waals surface area (Å²) in [5.74, 6) is 1.14. The van der Waals surface area contributed by atoms with Gasteiger partial charge in [-0.25, -0.2) is 5.43 Å². The number of carbonyl (C=O) groups is 1. The minimum atomic E-state index is -0.410. The van der Waals surface area contributed by atoms with Gasteiger partial charge < -0.3 is 18.5 Å². The lowest BCUT2D eigenvalue weighted by molar-refractivity contribution is 0.0929. The number of amides is 1. The van der Waals surface area contributed by atoms with Crippen molar-refractivity contribution < 1.29 is 18.4 Å². The zero-order valence-electron chi connectivity index (χ0n) is 13.5. The van der Waals surface area contributed by atoms with Crippen molar-refractivity contribution in [3.63, 3.8) is 0 Å². The maximum absolute atomic E-state index is 12.1. The highest BCUT2D eigenvalue weighted by Gasteiger charge is 2.14. The fourth-order valence-corrected chi connectivity index (χ4v) is 2.67. The number of hydrogen-bond donors (Lipinski definition) is 1. The Balaban J connectivity index is 1.38. The number of anilines is 1. The van der Waals surface area contributed by atoms with Gasteiger partial charge in [0.25, 0.3) is 0 Å². The number of fused-ring (bicyclic) bond motifs is 1. The summed E-state index contributed by atoms with van der Waals surface area (Å²) in [4.78, 5) is 14.2. The van der Waals surface area contributed by atoms with Crippen molar-refractivity contribution in [1.82, 2.24) is 5.43 Å². The zero-order chi connectivity index (χ0) is 17.1. The second kappa shape index (κ2) is 6.82. The molecule has 1 amide bonds. The molecule has 2 aromatic heterocycles. The number of nitrogens with one attached hydrogen (secondary N) is 1. The second-order valence-corrected chi connectivity index (χ2v) is 5.62. The number of nitrogens with zero attached hydrogens (tertiary/aromatic N) is 2. The second-order valence-electron chi connectivity index (χ2n) is 5.62. The van der Waals surface area contributed by atoms with Crippen LogP contribution in [0.1, 0.15) is 16.3 Å². The van der Waals surface area contributed by atoms with Crippen molar-refractivity contribution in [3.05, 3.63) is 54.0 Å². The molecule has 0 aliphatic carbocycles. The summed E-state index contributed by atoms with van der Waals surface area (Å²) < 4.78 is 16.5. The zero-order valence-corrected chi connectivity index (χ0v) is 13.5. The third kappa shape index (κ3) is 3.41. The van der Waals surface area contributed by atoms with E-state index in [1.54, 1.807) is 6.07 Å². The van der Waals surface area contributed by atoms with Gasteiger partial charge in [-0.1, -0.05) is 18.2 Å². The van der Waals surface area contributed by atoms with Gasteiger partial charge in [0.2, 0.25) is 0 Å². The standard InChI is InChI=1S/C18H17N3O4/c22-18(16-11-13-3-1-2-4-15(13)25-16)20-19-12-14-5-6-17(24-14)21-7-9-23-10-8-21/h1-6,11-12H,7-10H2,(H,20,22)/b19-12+. The summed E-state index contributed by atoms with van der Waals surface area (Å²) in [6.07, 6.45) is 1.46. The van der Waals surface area contributed by atoms with Crippen LogP contribution in [0.4, 0.5) is 5.88 Å². The molecule has 0 spiro atoms. The van der Waals surface area contributed by atoms with Gasteiger partial charge >= 0.3 is 5.91 Å². The molecule has 3 heterocycles. The van der Waals surface area contributed by atoms with Gasteiger partial charge in [0.1, 0.15) is 11.3 Å². The number of hydrazone groups is 1. The van der Waals surface area contributed by atoms with Gasteiger partial charge in [-0.05, 0) is 18.2 Å². The van der Waals surface area contributed by atoms with E-state index >= 15 is 0 Å². The van der Waals surface area contributed by atoms with Crippen molar-refractivity contribution in [1.29, 1.82) is 0 Å². The predicted molar refractivity (Wildman–Crippen MR) is 93.0 cm³/mol. The number of para-hydroxylation sites is 1. The van der Waals surface area contributed by atoms with Crippen molar-refractivity contribution >= 4 is 29.0 Å². The Labute approximate surface area is 143 Å². The smallest absolute Gasteiger partial charge is 0.307 e. The number of benzene rings is 1. The van der Waals surface area contributed by atoms with E-state index in [0.29, 0.717) is 24.6 Å². The van der Waals surface area contributed by atoms with E-state index in [2.05, 4.69) is 15.4 Å². The fraction of sp³-hybridized carbons (Fsp3) is 0.222. The highest BCUT2D eigenvalue weighted by molar-refractivity contribution is 5.96. The Hall–Kier alpha value is -3.06. The molecule has 1 aromatic carbocycles. The molecule has 25 heavy (non-hydrogen) atoms. The first-order valence-corrected chi connectivity index (χ1v) is 8.04. The third-order valence-corrected chi connectivity index (χ3v) is 3.94. The van der Waals surface area contributed by atoms with Crippen LogP contribution in [0.15, 0.2) is 56.4 Å². The molecule has 7 nitrogen and oxygen atoms in total. The van der Waals surface area contributed by atoms with Crippen LogP contribution >= 0.6 is 0 Å². The molecule has 4 rings (SSSR count). The molecule has 0 saturated carbocycles. The van der Waals surface area contributed by atoms with E-state index in [0.717, 1.165) is 24.4 Å². The van der Waals surface area contributed by atoms with E-state index < -0.39 is 5.91 Å². The molecule has 1 N–H and O–H groups in total. The van der Waals surface area contributed by atoms with Crippen LogP contribution in [-0.2, 0) is 4.74 Å². The van der Waals surface area contributed by atoms with Crippen LogP contribution in [-0.4, -0.2) is 38.4 Å². The van der Waals surface area contributed by atoms with Crippen LogP contribution in [0.2, 0.25) is 0 Å². The summed E-state index contributed by atoms with van der Waals surface area (Å²) >= 11 is 0. The number of hydrogen-bond acceptors (Lipinski definition) is 6. The highest BCUT2D eigenvalue weighted by Crippen LogP contribution is 2.19. The van der Waals surface area contributed by atoms with Crippen molar-refractivity contribution in [2.45, 2.75) is 0 Å². The maximum atomic E-state index is 12.1. The normalized spacial score (nSPS) is 15.1. The summed E-state index contributed by atoms with van der Waals surface area (Å²) in [6.45, 7) is 2.98. The first-order chi connectivity index (χ1) is 12.3. The quantitative estimate of drug-likeness (QED) is 0.584. The molecule has 3 aromatic rings. The molecule has 7 heteroatoms. The van der Waals surface area contributed by atoms with E-state index in [1.807, 2.05) is 36.4 Å². The van der Waals surface area contributed by atoms with Crippen LogP contribution in [0, 0.1) is 0 Å². The molecule has 1 aliphatic rings. The molecule has 0 radical (unpaired) electrons. The minimum absolute atomic E-state index is 0.215. The van der Waals surface area contributed by atoms with Gasteiger partial charge in [0.15, 0.2) is 11.6 Å². The van der Waals surface area contributed by atoms with Crippen molar-refractivity contribution in [2.75, 3.05) is 31.2 Å². The molecular formula is C18H17N3O4. The lowest BCUT2D eigenvalue weighted by Crippen LogP contribution is -2.35. The van der Waals surface area contributed by atoms with Crippen LogP contribution in [0.3, 0.4) is 0 Å². The predicted octanol–water partition coefficient (Wildman–Crippen LogP) is 2.63. The molecule has 1 aliphatic heterocycles. The average Bonchev–Trinajstić information content (AvgIpc) is 3.29. The Bertz CT molecular complexity index is 873. The number of rotatable bonds is 4. The van der Waals surface area contributed by atoms with Crippen LogP contribution < -0.4 is 10.3 Å². The monoisotopic (exact) mass is 339 g/mol. The Morgan fingerprint density at radius 3 is 2.80 bits per heavy atom. The first kappa shape index (κ1) is 15.5. The molecule has 1 saturated heterocycles. The van der Waals surface area contributed by atoms with E-state index in [-0.39, 0.29) is 5.76 Å². The maximum Gasteiger partial charge on any atom is 0.307 e.